The molecule has 0 saturated carbocycles. The first-order valence-corrected chi connectivity index (χ1v) is 7.04. The van der Waals surface area contributed by atoms with Gasteiger partial charge in [0.2, 0.25) is 5.75 Å². The van der Waals surface area contributed by atoms with E-state index in [1.165, 1.54) is 0 Å². The van der Waals surface area contributed by atoms with E-state index in [4.69, 9.17) is 25.8 Å². The third kappa shape index (κ3) is 2.90. The molecule has 0 fully saturated rings. The van der Waals surface area contributed by atoms with Crippen molar-refractivity contribution >= 4 is 34.2 Å². The molecule has 0 spiro atoms. The van der Waals surface area contributed by atoms with E-state index in [1.54, 1.807) is 39.7 Å². The van der Waals surface area contributed by atoms with Crippen molar-refractivity contribution < 1.29 is 14.2 Å². The summed E-state index contributed by atoms with van der Waals surface area (Å²) < 4.78 is 16.7. The van der Waals surface area contributed by atoms with Crippen LogP contribution in [0.15, 0.2) is 18.3 Å². The third-order valence-corrected chi connectivity index (χ3v) is 4.02. The summed E-state index contributed by atoms with van der Waals surface area (Å²) in [5.41, 5.74) is 0.734. The van der Waals surface area contributed by atoms with E-state index in [-0.39, 0.29) is 0 Å². The molecule has 0 radical (unpaired) electrons. The Morgan fingerprint density at radius 3 is 2.10 bits per heavy atom. The Hall–Kier alpha value is -1.28. The maximum atomic E-state index is 6.02. The second kappa shape index (κ2) is 6.45. The van der Waals surface area contributed by atoms with E-state index >= 15 is 0 Å². The molecule has 0 unspecified atom stereocenters. The van der Waals surface area contributed by atoms with Gasteiger partial charge in [0.1, 0.15) is 5.15 Å². The minimum absolute atomic E-state index is 0.407. The molecule has 1 aromatic carbocycles. The highest BCUT2D eigenvalue weighted by molar-refractivity contribution is 14.1. The van der Waals surface area contributed by atoms with Gasteiger partial charge in [0.15, 0.2) is 17.3 Å². The van der Waals surface area contributed by atoms with Gasteiger partial charge in [-0.2, -0.15) is 0 Å². The standard InChI is InChI=1S/C13H12ClIN2O3/c1-18-9-4-7(5-10(19-2)11(9)20-3)13-16-6-8(15)12(14)17-13/h4-6H,1-3H3. The fourth-order valence-corrected chi connectivity index (χ4v) is 2.08. The van der Waals surface area contributed by atoms with Crippen LogP contribution in [0.3, 0.4) is 0 Å². The normalized spacial score (nSPS) is 10.2. The first-order valence-electron chi connectivity index (χ1n) is 5.59. The molecule has 0 aliphatic heterocycles. The zero-order chi connectivity index (χ0) is 14.7. The summed E-state index contributed by atoms with van der Waals surface area (Å²) in [7, 11) is 4.67. The lowest BCUT2D eigenvalue weighted by Gasteiger charge is -2.13. The highest BCUT2D eigenvalue weighted by Crippen LogP contribution is 2.40. The predicted octanol–water partition coefficient (Wildman–Crippen LogP) is 3.43. The number of methoxy groups -OCH3 is 3. The zero-order valence-corrected chi connectivity index (χ0v) is 14.0. The monoisotopic (exact) mass is 406 g/mol. The van der Waals surface area contributed by atoms with Gasteiger partial charge in [0.05, 0.1) is 24.9 Å². The fourth-order valence-electron chi connectivity index (χ4n) is 1.70. The van der Waals surface area contributed by atoms with Crippen molar-refractivity contribution in [1.29, 1.82) is 0 Å². The Balaban J connectivity index is 2.59. The molecule has 0 aliphatic rings. The van der Waals surface area contributed by atoms with Crippen molar-refractivity contribution in [2.24, 2.45) is 0 Å². The summed E-state index contributed by atoms with van der Waals surface area (Å²) in [5, 5.41) is 0.407. The third-order valence-electron chi connectivity index (χ3n) is 2.62. The number of nitrogens with zero attached hydrogens (tertiary/aromatic N) is 2. The molecule has 0 bridgehead atoms. The number of aromatic nitrogens is 2. The van der Waals surface area contributed by atoms with Crippen LogP contribution in [0.25, 0.3) is 11.4 Å². The quantitative estimate of drug-likeness (QED) is 0.575. The molecule has 2 aromatic rings. The number of halogens is 2. The lowest BCUT2D eigenvalue weighted by Crippen LogP contribution is -1.97. The van der Waals surface area contributed by atoms with E-state index in [0.717, 1.165) is 9.13 Å². The Kier molecular flexibility index (Phi) is 4.87. The summed E-state index contributed by atoms with van der Waals surface area (Å²) in [6.45, 7) is 0. The number of hydrogen-bond acceptors (Lipinski definition) is 5. The number of hydrogen-bond donors (Lipinski definition) is 0. The minimum atomic E-state index is 0.407. The van der Waals surface area contributed by atoms with E-state index in [2.05, 4.69) is 32.6 Å². The van der Waals surface area contributed by atoms with E-state index in [0.29, 0.717) is 28.2 Å². The van der Waals surface area contributed by atoms with Gasteiger partial charge in [-0.05, 0) is 34.7 Å². The lowest BCUT2D eigenvalue weighted by molar-refractivity contribution is 0.324. The summed E-state index contributed by atoms with van der Waals surface area (Å²) in [5.74, 6) is 2.10. The maximum absolute atomic E-state index is 6.02. The number of rotatable bonds is 4. The average Bonchev–Trinajstić information content (AvgIpc) is 2.48. The summed E-state index contributed by atoms with van der Waals surface area (Å²) in [4.78, 5) is 8.50. The van der Waals surface area contributed by atoms with E-state index in [1.807, 2.05) is 0 Å². The fraction of sp³-hybridized carbons (Fsp3) is 0.231. The van der Waals surface area contributed by atoms with E-state index < -0.39 is 0 Å². The van der Waals surface area contributed by atoms with Crippen LogP contribution in [0.2, 0.25) is 5.15 Å². The summed E-state index contributed by atoms with van der Waals surface area (Å²) in [6, 6.07) is 3.56. The van der Waals surface area contributed by atoms with Gasteiger partial charge in [-0.1, -0.05) is 11.6 Å². The number of benzene rings is 1. The molecule has 106 valence electrons. The highest BCUT2D eigenvalue weighted by atomic mass is 127. The number of ether oxygens (including phenoxy) is 3. The highest BCUT2D eigenvalue weighted by Gasteiger charge is 2.15. The molecule has 1 heterocycles. The first kappa shape index (κ1) is 15.1. The van der Waals surface area contributed by atoms with Crippen molar-refractivity contribution in [1.82, 2.24) is 9.97 Å². The molecule has 2 rings (SSSR count). The van der Waals surface area contributed by atoms with Gasteiger partial charge in [-0.3, -0.25) is 0 Å². The Labute approximate surface area is 135 Å². The molecule has 0 atom stereocenters. The van der Waals surface area contributed by atoms with Gasteiger partial charge in [0, 0.05) is 11.8 Å². The van der Waals surface area contributed by atoms with Crippen LogP contribution in [-0.2, 0) is 0 Å². The van der Waals surface area contributed by atoms with Crippen LogP contribution in [0.5, 0.6) is 17.2 Å². The molecule has 7 heteroatoms. The van der Waals surface area contributed by atoms with Crippen molar-refractivity contribution in [2.75, 3.05) is 21.3 Å². The van der Waals surface area contributed by atoms with Crippen LogP contribution >= 0.6 is 34.2 Å². The SMILES string of the molecule is COc1cc(-c2ncc(I)c(Cl)n2)cc(OC)c1OC. The van der Waals surface area contributed by atoms with Crippen LogP contribution in [0, 0.1) is 3.57 Å². The largest absolute Gasteiger partial charge is 0.493 e. The molecular formula is C13H12ClIN2O3. The van der Waals surface area contributed by atoms with Crippen molar-refractivity contribution in [3.05, 3.63) is 27.1 Å². The molecule has 20 heavy (non-hydrogen) atoms. The molecule has 1 aromatic heterocycles. The van der Waals surface area contributed by atoms with Crippen LogP contribution < -0.4 is 14.2 Å². The second-order valence-corrected chi connectivity index (χ2v) is 5.27. The van der Waals surface area contributed by atoms with Crippen LogP contribution in [-0.4, -0.2) is 31.3 Å². The van der Waals surface area contributed by atoms with Gasteiger partial charge in [0.25, 0.3) is 0 Å². The van der Waals surface area contributed by atoms with Crippen molar-refractivity contribution in [3.63, 3.8) is 0 Å². The van der Waals surface area contributed by atoms with Gasteiger partial charge < -0.3 is 14.2 Å². The maximum Gasteiger partial charge on any atom is 0.203 e. The summed E-state index contributed by atoms with van der Waals surface area (Å²) >= 11 is 8.10. The average molecular weight is 407 g/mol. The topological polar surface area (TPSA) is 53.5 Å². The van der Waals surface area contributed by atoms with Gasteiger partial charge in [-0.25, -0.2) is 9.97 Å². The van der Waals surface area contributed by atoms with Crippen LogP contribution in [0.4, 0.5) is 0 Å². The second-order valence-electron chi connectivity index (χ2n) is 3.75. The molecule has 0 saturated heterocycles. The molecular weight excluding hydrogens is 395 g/mol. The first-order chi connectivity index (χ1) is 9.60. The van der Waals surface area contributed by atoms with Crippen molar-refractivity contribution in [3.8, 4) is 28.6 Å². The van der Waals surface area contributed by atoms with Gasteiger partial charge in [-0.15, -0.1) is 0 Å². The Morgan fingerprint density at radius 2 is 1.65 bits per heavy atom. The smallest absolute Gasteiger partial charge is 0.203 e. The Morgan fingerprint density at radius 1 is 1.05 bits per heavy atom. The summed E-state index contributed by atoms with van der Waals surface area (Å²) in [6.07, 6.45) is 1.66. The van der Waals surface area contributed by atoms with Crippen LogP contribution in [0.1, 0.15) is 0 Å². The molecule has 0 N–H and O–H groups in total. The predicted molar refractivity (Wildman–Crippen MR) is 84.9 cm³/mol. The van der Waals surface area contributed by atoms with E-state index in [9.17, 15) is 0 Å². The van der Waals surface area contributed by atoms with Gasteiger partial charge >= 0.3 is 0 Å². The zero-order valence-electron chi connectivity index (χ0n) is 11.1. The Bertz CT molecular complexity index is 612. The molecule has 5 nitrogen and oxygen atoms in total. The molecule has 0 aliphatic carbocycles. The molecule has 0 amide bonds. The van der Waals surface area contributed by atoms with Crippen molar-refractivity contribution in [2.45, 2.75) is 0 Å². The minimum Gasteiger partial charge on any atom is -0.493 e. The lowest BCUT2D eigenvalue weighted by atomic mass is 10.1.